The van der Waals surface area contributed by atoms with Gasteiger partial charge in [-0.3, -0.25) is 10.2 Å². The number of sulfone groups is 1. The third-order valence-electron chi connectivity index (χ3n) is 3.50. The summed E-state index contributed by atoms with van der Waals surface area (Å²) in [6, 6.07) is 3.06. The van der Waals surface area contributed by atoms with Crippen LogP contribution in [0.25, 0.3) is 6.08 Å². The highest BCUT2D eigenvalue weighted by atomic mass is 32.2. The Balaban J connectivity index is 2.33. The highest BCUT2D eigenvalue weighted by Gasteiger charge is 2.19. The largest absolute Gasteiger partial charge is 0.496 e. The van der Waals surface area contributed by atoms with E-state index in [0.717, 1.165) is 6.26 Å². The van der Waals surface area contributed by atoms with Crippen molar-refractivity contribution < 1.29 is 22.7 Å². The lowest BCUT2D eigenvalue weighted by Crippen LogP contribution is -2.48. The Morgan fingerprint density at radius 1 is 1.22 bits per heavy atom. The quantitative estimate of drug-likeness (QED) is 0.827. The Bertz CT molecular complexity index is 718. The number of nitrogens with one attached hydrogen (secondary N) is 2. The van der Waals surface area contributed by atoms with Crippen molar-refractivity contribution in [1.82, 2.24) is 10.9 Å². The summed E-state index contributed by atoms with van der Waals surface area (Å²) in [5.74, 6) is 0.659. The molecule has 1 aromatic carbocycles. The van der Waals surface area contributed by atoms with Gasteiger partial charge in [0.2, 0.25) is 5.91 Å². The van der Waals surface area contributed by atoms with E-state index in [-0.39, 0.29) is 22.6 Å². The average molecular weight is 340 g/mol. The van der Waals surface area contributed by atoms with Crippen LogP contribution in [0.1, 0.15) is 18.4 Å². The number of amides is 1. The van der Waals surface area contributed by atoms with Crippen LogP contribution in [0, 0.1) is 0 Å². The topological polar surface area (TPSA) is 93.7 Å². The van der Waals surface area contributed by atoms with Gasteiger partial charge in [0.15, 0.2) is 9.84 Å². The molecule has 0 spiro atoms. The highest BCUT2D eigenvalue weighted by molar-refractivity contribution is 7.90. The Kier molecular flexibility index (Phi) is 5.27. The maximum atomic E-state index is 11.8. The molecule has 2 rings (SSSR count). The fraction of sp³-hybridized carbons (Fsp3) is 0.400. The maximum Gasteiger partial charge on any atom is 0.234 e. The number of ether oxygens (including phenoxy) is 2. The Morgan fingerprint density at radius 3 is 2.43 bits per heavy atom. The first kappa shape index (κ1) is 17.3. The van der Waals surface area contributed by atoms with Gasteiger partial charge in [0.25, 0.3) is 0 Å². The van der Waals surface area contributed by atoms with Gasteiger partial charge in [-0.2, -0.15) is 0 Å². The number of hydrogen-bond acceptors (Lipinski definition) is 6. The molecular weight excluding hydrogens is 320 g/mol. The molecule has 0 saturated carbocycles. The van der Waals surface area contributed by atoms with Crippen molar-refractivity contribution in [1.29, 1.82) is 0 Å². The molecule has 1 atom stereocenters. The van der Waals surface area contributed by atoms with Crippen molar-refractivity contribution in [2.45, 2.75) is 23.8 Å². The molecule has 126 valence electrons. The summed E-state index contributed by atoms with van der Waals surface area (Å²) in [5, 5.41) is 0. The second-order valence-electron chi connectivity index (χ2n) is 5.21. The van der Waals surface area contributed by atoms with Crippen molar-refractivity contribution in [3.8, 4) is 11.5 Å². The van der Waals surface area contributed by atoms with E-state index >= 15 is 0 Å². The molecule has 23 heavy (non-hydrogen) atoms. The SMILES string of the molecule is COc1cc(S(C)(=O)=O)c(OC)cc1/C=C/C1CCC(=O)NN1. The third kappa shape index (κ3) is 4.23. The van der Waals surface area contributed by atoms with Crippen LogP contribution in [-0.4, -0.2) is 40.8 Å². The zero-order valence-electron chi connectivity index (χ0n) is 13.3. The number of hydrogen-bond donors (Lipinski definition) is 2. The van der Waals surface area contributed by atoms with Gasteiger partial charge in [-0.1, -0.05) is 12.2 Å². The minimum Gasteiger partial charge on any atom is -0.496 e. The zero-order chi connectivity index (χ0) is 17.0. The number of hydrazine groups is 1. The first-order valence-electron chi connectivity index (χ1n) is 7.04. The smallest absolute Gasteiger partial charge is 0.234 e. The Labute approximate surface area is 135 Å². The zero-order valence-corrected chi connectivity index (χ0v) is 14.1. The number of benzene rings is 1. The molecule has 1 aliphatic rings. The predicted molar refractivity (Wildman–Crippen MR) is 86.0 cm³/mol. The van der Waals surface area contributed by atoms with E-state index in [0.29, 0.717) is 24.2 Å². The molecule has 0 bridgehead atoms. The second kappa shape index (κ2) is 7.01. The molecule has 0 aliphatic carbocycles. The summed E-state index contributed by atoms with van der Waals surface area (Å²) in [4.78, 5) is 11.2. The molecule has 2 N–H and O–H groups in total. The molecule has 1 aromatic rings. The molecule has 1 saturated heterocycles. The first-order chi connectivity index (χ1) is 10.8. The van der Waals surface area contributed by atoms with Crippen LogP contribution in [0.3, 0.4) is 0 Å². The first-order valence-corrected chi connectivity index (χ1v) is 8.93. The van der Waals surface area contributed by atoms with Crippen molar-refractivity contribution in [3.63, 3.8) is 0 Å². The van der Waals surface area contributed by atoms with Gasteiger partial charge < -0.3 is 9.47 Å². The molecule has 1 fully saturated rings. The van der Waals surface area contributed by atoms with Crippen LogP contribution in [0.2, 0.25) is 0 Å². The molecule has 1 heterocycles. The van der Waals surface area contributed by atoms with Gasteiger partial charge >= 0.3 is 0 Å². The summed E-state index contributed by atoms with van der Waals surface area (Å²) in [5.41, 5.74) is 6.15. The van der Waals surface area contributed by atoms with Gasteiger partial charge in [-0.15, -0.1) is 0 Å². The number of carbonyl (C=O) groups is 1. The number of rotatable bonds is 5. The molecule has 1 aliphatic heterocycles. The third-order valence-corrected chi connectivity index (χ3v) is 4.62. The van der Waals surface area contributed by atoms with Crippen LogP contribution < -0.4 is 20.3 Å². The molecule has 0 radical (unpaired) electrons. The molecule has 1 unspecified atom stereocenters. The van der Waals surface area contributed by atoms with E-state index < -0.39 is 9.84 Å². The number of methoxy groups -OCH3 is 2. The molecule has 7 nitrogen and oxygen atoms in total. The lowest BCUT2D eigenvalue weighted by molar-refractivity contribution is -0.123. The monoisotopic (exact) mass is 340 g/mol. The standard InChI is InChI=1S/C15H20N2O5S/c1-21-12-9-14(23(3,19)20)13(22-2)8-10(12)4-5-11-6-7-15(18)17-16-11/h4-5,8-9,11,16H,6-7H2,1-3H3,(H,17,18)/b5-4+. The molecule has 0 aromatic heterocycles. The summed E-state index contributed by atoms with van der Waals surface area (Å²) >= 11 is 0. The van der Waals surface area contributed by atoms with Crippen LogP contribution in [0.15, 0.2) is 23.1 Å². The highest BCUT2D eigenvalue weighted by Crippen LogP contribution is 2.33. The predicted octanol–water partition coefficient (Wildman–Crippen LogP) is 0.904. The summed E-state index contributed by atoms with van der Waals surface area (Å²) < 4.78 is 34.1. The van der Waals surface area contributed by atoms with E-state index in [4.69, 9.17) is 9.47 Å². The Hall–Kier alpha value is -2.06. The lowest BCUT2D eigenvalue weighted by atomic mass is 10.1. The van der Waals surface area contributed by atoms with E-state index in [2.05, 4.69) is 10.9 Å². The minimum atomic E-state index is -3.43. The average Bonchev–Trinajstić information content (AvgIpc) is 2.52. The van der Waals surface area contributed by atoms with E-state index in [1.807, 2.05) is 12.2 Å². The van der Waals surface area contributed by atoms with Crippen molar-refractivity contribution in [2.75, 3.05) is 20.5 Å². The normalized spacial score (nSPS) is 18.7. The fourth-order valence-electron chi connectivity index (χ4n) is 2.27. The second-order valence-corrected chi connectivity index (χ2v) is 7.20. The fourth-order valence-corrected chi connectivity index (χ4v) is 3.10. The van der Waals surface area contributed by atoms with Gasteiger partial charge in [0.1, 0.15) is 16.4 Å². The molecular formula is C15H20N2O5S. The van der Waals surface area contributed by atoms with Crippen molar-refractivity contribution in [3.05, 3.63) is 23.8 Å². The van der Waals surface area contributed by atoms with Crippen molar-refractivity contribution >= 4 is 21.8 Å². The van der Waals surface area contributed by atoms with E-state index in [1.165, 1.54) is 20.3 Å². The van der Waals surface area contributed by atoms with E-state index in [1.54, 1.807) is 6.07 Å². The van der Waals surface area contributed by atoms with Gasteiger partial charge in [0, 0.05) is 30.3 Å². The minimum absolute atomic E-state index is 0.00187. The Morgan fingerprint density at radius 2 is 1.91 bits per heavy atom. The van der Waals surface area contributed by atoms with Crippen molar-refractivity contribution in [2.24, 2.45) is 0 Å². The molecule has 1 amide bonds. The van der Waals surface area contributed by atoms with Gasteiger partial charge in [-0.05, 0) is 12.5 Å². The van der Waals surface area contributed by atoms with Crippen LogP contribution in [-0.2, 0) is 14.6 Å². The van der Waals surface area contributed by atoms with Crippen LogP contribution in [0.4, 0.5) is 0 Å². The summed E-state index contributed by atoms with van der Waals surface area (Å²) in [6.45, 7) is 0. The van der Waals surface area contributed by atoms with Crippen LogP contribution in [0.5, 0.6) is 11.5 Å². The summed E-state index contributed by atoms with van der Waals surface area (Å²) in [6.07, 6.45) is 5.95. The summed E-state index contributed by atoms with van der Waals surface area (Å²) in [7, 11) is -0.530. The van der Waals surface area contributed by atoms with Gasteiger partial charge in [0.05, 0.1) is 14.2 Å². The van der Waals surface area contributed by atoms with E-state index in [9.17, 15) is 13.2 Å². The van der Waals surface area contributed by atoms with Gasteiger partial charge in [-0.25, -0.2) is 13.8 Å². The lowest BCUT2D eigenvalue weighted by Gasteiger charge is -2.21. The molecule has 8 heteroatoms. The maximum absolute atomic E-state index is 11.8. The number of carbonyl (C=O) groups excluding carboxylic acids is 1. The van der Waals surface area contributed by atoms with Crippen LogP contribution >= 0.6 is 0 Å².